The number of benzene rings is 2. The van der Waals surface area contributed by atoms with Gasteiger partial charge in [-0.15, -0.1) is 0 Å². The first-order chi connectivity index (χ1) is 11.6. The zero-order valence-corrected chi connectivity index (χ0v) is 13.0. The Labute approximate surface area is 138 Å². The van der Waals surface area contributed by atoms with Crippen LogP contribution in [-0.2, 0) is 13.0 Å². The van der Waals surface area contributed by atoms with Gasteiger partial charge in [0.05, 0.1) is 4.92 Å². The van der Waals surface area contributed by atoms with Crippen LogP contribution in [0.1, 0.15) is 22.8 Å². The van der Waals surface area contributed by atoms with Crippen LogP contribution in [-0.4, -0.2) is 15.1 Å². The summed E-state index contributed by atoms with van der Waals surface area (Å²) < 4.78 is 10.6. The fourth-order valence-electron chi connectivity index (χ4n) is 2.32. The van der Waals surface area contributed by atoms with Crippen LogP contribution in [0.4, 0.5) is 5.69 Å². The van der Waals surface area contributed by atoms with Gasteiger partial charge >= 0.3 is 0 Å². The minimum Gasteiger partial charge on any atom is -0.485 e. The molecule has 122 valence electrons. The van der Waals surface area contributed by atoms with Crippen molar-refractivity contribution >= 4 is 5.69 Å². The summed E-state index contributed by atoms with van der Waals surface area (Å²) in [5.41, 5.74) is 1.80. The van der Waals surface area contributed by atoms with Gasteiger partial charge in [0.2, 0.25) is 11.7 Å². The van der Waals surface area contributed by atoms with Crippen LogP contribution >= 0.6 is 0 Å². The zero-order valence-electron chi connectivity index (χ0n) is 13.0. The summed E-state index contributed by atoms with van der Waals surface area (Å²) in [7, 11) is 0. The summed E-state index contributed by atoms with van der Waals surface area (Å²) in [6.07, 6.45) is 0.531. The highest BCUT2D eigenvalue weighted by Crippen LogP contribution is 2.27. The molecule has 7 heteroatoms. The van der Waals surface area contributed by atoms with E-state index in [0.29, 0.717) is 23.9 Å². The van der Waals surface area contributed by atoms with Gasteiger partial charge in [-0.3, -0.25) is 10.1 Å². The van der Waals surface area contributed by atoms with Crippen LogP contribution in [0.3, 0.4) is 0 Å². The number of hydrogen-bond donors (Lipinski definition) is 0. The maximum Gasteiger partial charge on any atom is 0.269 e. The van der Waals surface area contributed by atoms with Crippen molar-refractivity contribution in [3.8, 4) is 5.75 Å². The number of nitro benzene ring substituents is 1. The number of aryl methyl sites for hydroxylation is 1. The molecule has 1 heterocycles. The maximum absolute atomic E-state index is 11.0. The first-order valence-corrected chi connectivity index (χ1v) is 7.35. The monoisotopic (exact) mass is 325 g/mol. The molecule has 0 bridgehead atoms. The number of ether oxygens (including phenoxy) is 1. The van der Waals surface area contributed by atoms with Gasteiger partial charge in [0, 0.05) is 31.0 Å². The molecule has 0 aliphatic carbocycles. The third kappa shape index (κ3) is 3.75. The molecule has 0 unspecified atom stereocenters. The first-order valence-electron chi connectivity index (χ1n) is 7.35. The van der Waals surface area contributed by atoms with Gasteiger partial charge in [-0.05, 0) is 11.6 Å². The van der Waals surface area contributed by atoms with Crippen LogP contribution in [0.5, 0.6) is 5.75 Å². The molecule has 0 atom stereocenters. The molecule has 24 heavy (non-hydrogen) atoms. The Morgan fingerprint density at radius 3 is 2.67 bits per heavy atom. The highest BCUT2D eigenvalue weighted by Gasteiger charge is 2.13. The first kappa shape index (κ1) is 15.7. The summed E-state index contributed by atoms with van der Waals surface area (Å²) in [5, 5.41) is 14.8. The van der Waals surface area contributed by atoms with E-state index in [2.05, 4.69) is 10.1 Å². The fraction of sp³-hybridized carbons (Fsp3) is 0.176. The third-order valence-electron chi connectivity index (χ3n) is 3.42. The molecule has 0 N–H and O–H groups in total. The lowest BCUT2D eigenvalue weighted by atomic mass is 10.0. The second-order valence-corrected chi connectivity index (χ2v) is 5.23. The number of nitro groups is 1. The summed E-state index contributed by atoms with van der Waals surface area (Å²) in [4.78, 5) is 14.7. The van der Waals surface area contributed by atoms with Crippen LogP contribution in [0.15, 0.2) is 53.1 Å². The Kier molecular flexibility index (Phi) is 4.51. The average Bonchev–Trinajstić information content (AvgIpc) is 3.00. The normalized spacial score (nSPS) is 10.5. The molecule has 0 aliphatic rings. The van der Waals surface area contributed by atoms with Crippen LogP contribution < -0.4 is 4.74 Å². The van der Waals surface area contributed by atoms with Crippen molar-refractivity contribution in [2.24, 2.45) is 0 Å². The zero-order chi connectivity index (χ0) is 16.9. The van der Waals surface area contributed by atoms with Gasteiger partial charge in [-0.25, -0.2) is 0 Å². The van der Waals surface area contributed by atoms with Crippen LogP contribution in [0, 0.1) is 17.0 Å². The minimum atomic E-state index is -0.416. The molecular weight excluding hydrogens is 310 g/mol. The largest absolute Gasteiger partial charge is 0.485 e. The van der Waals surface area contributed by atoms with E-state index in [4.69, 9.17) is 9.26 Å². The molecule has 1 aromatic heterocycles. The summed E-state index contributed by atoms with van der Waals surface area (Å²) in [5.74, 6) is 1.45. The van der Waals surface area contributed by atoms with Gasteiger partial charge in [-0.2, -0.15) is 4.98 Å². The maximum atomic E-state index is 11.0. The van der Waals surface area contributed by atoms with Crippen LogP contribution in [0.2, 0.25) is 0 Å². The molecule has 7 nitrogen and oxygen atoms in total. The topological polar surface area (TPSA) is 91.3 Å². The molecular formula is C17H15N3O4. The predicted molar refractivity (Wildman–Crippen MR) is 85.7 cm³/mol. The van der Waals surface area contributed by atoms with E-state index >= 15 is 0 Å². The van der Waals surface area contributed by atoms with Crippen molar-refractivity contribution in [1.29, 1.82) is 0 Å². The Hall–Kier alpha value is -3.22. The number of rotatable bonds is 6. The van der Waals surface area contributed by atoms with Crippen molar-refractivity contribution in [1.82, 2.24) is 10.1 Å². The van der Waals surface area contributed by atoms with E-state index in [1.807, 2.05) is 30.3 Å². The molecule has 0 saturated heterocycles. The van der Waals surface area contributed by atoms with E-state index in [1.54, 1.807) is 13.0 Å². The SMILES string of the molecule is Cc1nc(COc2ccc([N+](=O)[O-])cc2Cc2ccccc2)no1. The minimum absolute atomic E-state index is 0.0312. The van der Waals surface area contributed by atoms with Crippen LogP contribution in [0.25, 0.3) is 0 Å². The second kappa shape index (κ2) is 6.91. The quantitative estimate of drug-likeness (QED) is 0.509. The van der Waals surface area contributed by atoms with Gasteiger partial charge in [0.25, 0.3) is 5.69 Å². The lowest BCUT2D eigenvalue weighted by Crippen LogP contribution is -2.02. The fourth-order valence-corrected chi connectivity index (χ4v) is 2.32. The van der Waals surface area contributed by atoms with Crippen molar-refractivity contribution < 1.29 is 14.2 Å². The molecule has 0 amide bonds. The summed E-state index contributed by atoms with van der Waals surface area (Å²) in [6.45, 7) is 1.83. The number of nitrogens with zero attached hydrogens (tertiary/aromatic N) is 3. The predicted octanol–water partition coefficient (Wildman–Crippen LogP) is 3.46. The Morgan fingerprint density at radius 2 is 2.00 bits per heavy atom. The lowest BCUT2D eigenvalue weighted by Gasteiger charge is -2.10. The molecule has 3 aromatic rings. The molecule has 0 aliphatic heterocycles. The number of hydrogen-bond acceptors (Lipinski definition) is 6. The number of non-ortho nitro benzene ring substituents is 1. The van der Waals surface area contributed by atoms with Gasteiger partial charge in [-0.1, -0.05) is 35.5 Å². The van der Waals surface area contributed by atoms with E-state index in [1.165, 1.54) is 12.1 Å². The molecule has 2 aromatic carbocycles. The highest BCUT2D eigenvalue weighted by molar-refractivity contribution is 5.46. The standard InChI is InChI=1S/C17H15N3O4/c1-12-18-17(19-24-12)11-23-16-8-7-15(20(21)22)10-14(16)9-13-5-3-2-4-6-13/h2-8,10H,9,11H2,1H3. The molecule has 0 saturated carbocycles. The Balaban J connectivity index is 1.84. The molecule has 0 radical (unpaired) electrons. The van der Waals surface area contributed by atoms with E-state index in [0.717, 1.165) is 11.1 Å². The number of aromatic nitrogens is 2. The van der Waals surface area contributed by atoms with Crippen molar-refractivity contribution in [3.05, 3.63) is 81.5 Å². The van der Waals surface area contributed by atoms with E-state index < -0.39 is 4.92 Å². The summed E-state index contributed by atoms with van der Waals surface area (Å²) in [6, 6.07) is 14.3. The van der Waals surface area contributed by atoms with E-state index in [-0.39, 0.29) is 12.3 Å². The van der Waals surface area contributed by atoms with Crippen molar-refractivity contribution in [2.75, 3.05) is 0 Å². The molecule has 0 spiro atoms. The smallest absolute Gasteiger partial charge is 0.269 e. The van der Waals surface area contributed by atoms with Crippen molar-refractivity contribution in [3.63, 3.8) is 0 Å². The van der Waals surface area contributed by atoms with Gasteiger partial charge in [0.1, 0.15) is 5.75 Å². The average molecular weight is 325 g/mol. The van der Waals surface area contributed by atoms with Gasteiger partial charge in [0.15, 0.2) is 6.61 Å². The Morgan fingerprint density at radius 1 is 1.21 bits per heavy atom. The third-order valence-corrected chi connectivity index (χ3v) is 3.42. The lowest BCUT2D eigenvalue weighted by molar-refractivity contribution is -0.384. The highest BCUT2D eigenvalue weighted by atomic mass is 16.6. The second-order valence-electron chi connectivity index (χ2n) is 5.23. The summed E-state index contributed by atoms with van der Waals surface area (Å²) >= 11 is 0. The Bertz CT molecular complexity index is 846. The van der Waals surface area contributed by atoms with Crippen molar-refractivity contribution in [2.45, 2.75) is 20.0 Å². The van der Waals surface area contributed by atoms with E-state index in [9.17, 15) is 10.1 Å². The van der Waals surface area contributed by atoms with Gasteiger partial charge < -0.3 is 9.26 Å². The molecule has 0 fully saturated rings. The molecule has 3 rings (SSSR count).